The number of aromatic nitrogens is 1. The van der Waals surface area contributed by atoms with Crippen LogP contribution in [0.3, 0.4) is 0 Å². The van der Waals surface area contributed by atoms with Crippen LogP contribution >= 0.6 is 0 Å². The maximum absolute atomic E-state index is 12.2. The molecule has 1 saturated heterocycles. The van der Waals surface area contributed by atoms with Gasteiger partial charge in [0.2, 0.25) is 0 Å². The highest BCUT2D eigenvalue weighted by Gasteiger charge is 2.16. The van der Waals surface area contributed by atoms with Crippen LogP contribution in [0.2, 0.25) is 0 Å². The van der Waals surface area contributed by atoms with Crippen molar-refractivity contribution in [1.82, 2.24) is 9.88 Å². The Labute approximate surface area is 179 Å². The van der Waals surface area contributed by atoms with E-state index in [9.17, 15) is 4.79 Å². The van der Waals surface area contributed by atoms with Gasteiger partial charge in [-0.3, -0.25) is 0 Å². The van der Waals surface area contributed by atoms with Gasteiger partial charge in [0.15, 0.2) is 11.4 Å². The molecule has 1 aromatic carbocycles. The number of rotatable bonds is 6. The van der Waals surface area contributed by atoms with Gasteiger partial charge in [0.05, 0.1) is 7.11 Å². The molecule has 5 heteroatoms. The Bertz CT molecular complexity index is 863. The highest BCUT2D eigenvalue weighted by Crippen LogP contribution is 2.19. The maximum atomic E-state index is 12.2. The summed E-state index contributed by atoms with van der Waals surface area (Å²) >= 11 is 0. The number of benzene rings is 1. The van der Waals surface area contributed by atoms with Crippen molar-refractivity contribution in [3.63, 3.8) is 0 Å². The van der Waals surface area contributed by atoms with Crippen LogP contribution in [0.15, 0.2) is 42.5 Å². The van der Waals surface area contributed by atoms with E-state index in [0.29, 0.717) is 18.1 Å². The number of ether oxygens (including phenoxy) is 2. The van der Waals surface area contributed by atoms with Gasteiger partial charge in [-0.25, -0.2) is 9.78 Å². The highest BCUT2D eigenvalue weighted by molar-refractivity contribution is 5.90. The van der Waals surface area contributed by atoms with Gasteiger partial charge in [-0.1, -0.05) is 55.5 Å². The number of carbonyl (C=O) groups excluding carboxylic acids is 1. The second kappa shape index (κ2) is 12.0. The fourth-order valence-corrected chi connectivity index (χ4v) is 3.51. The fraction of sp³-hybridized carbons (Fsp3) is 0.440. The van der Waals surface area contributed by atoms with E-state index in [-0.39, 0.29) is 5.69 Å². The second-order valence-corrected chi connectivity index (χ2v) is 7.47. The standard InChI is InChI=1S/C25H30N2O3/c1-29-25(28)24-23(30-20-21-12-6-5-7-13-21)16-15-22(26-24)14-8-11-19-27-17-9-3-2-4-10-18-27/h5-7,12-13,15-16H,2-4,9-11,17-20H2,1H3. The third kappa shape index (κ3) is 6.89. The Morgan fingerprint density at radius 3 is 2.50 bits per heavy atom. The lowest BCUT2D eigenvalue weighted by atomic mass is 10.1. The van der Waals surface area contributed by atoms with E-state index < -0.39 is 5.97 Å². The molecule has 0 unspecified atom stereocenters. The van der Waals surface area contributed by atoms with Crippen LogP contribution in [0.1, 0.15) is 60.3 Å². The molecule has 2 aromatic rings. The second-order valence-electron chi connectivity index (χ2n) is 7.47. The zero-order valence-corrected chi connectivity index (χ0v) is 17.7. The number of methoxy groups -OCH3 is 1. The van der Waals surface area contributed by atoms with Crippen LogP contribution in [0.25, 0.3) is 0 Å². The van der Waals surface area contributed by atoms with E-state index >= 15 is 0 Å². The molecular formula is C25H30N2O3. The minimum Gasteiger partial charge on any atom is -0.486 e. The molecule has 1 aromatic heterocycles. The molecule has 0 saturated carbocycles. The van der Waals surface area contributed by atoms with Crippen molar-refractivity contribution in [1.29, 1.82) is 0 Å². The molecule has 0 atom stereocenters. The largest absolute Gasteiger partial charge is 0.486 e. The van der Waals surface area contributed by atoms with Crippen LogP contribution in [0.4, 0.5) is 0 Å². The Morgan fingerprint density at radius 1 is 1.03 bits per heavy atom. The smallest absolute Gasteiger partial charge is 0.360 e. The molecule has 1 aliphatic rings. The average molecular weight is 407 g/mol. The summed E-state index contributed by atoms with van der Waals surface area (Å²) in [6, 6.07) is 13.3. The number of nitrogens with zero attached hydrogens (tertiary/aromatic N) is 2. The predicted octanol–water partition coefficient (Wildman–Crippen LogP) is 4.45. The van der Waals surface area contributed by atoms with Gasteiger partial charge in [0, 0.05) is 13.0 Å². The first-order valence-electron chi connectivity index (χ1n) is 10.7. The molecule has 1 aliphatic heterocycles. The fourth-order valence-electron chi connectivity index (χ4n) is 3.51. The summed E-state index contributed by atoms with van der Waals surface area (Å²) in [5.74, 6) is 6.16. The third-order valence-corrected chi connectivity index (χ3v) is 5.19. The van der Waals surface area contributed by atoms with Crippen molar-refractivity contribution in [3.8, 4) is 17.6 Å². The number of carbonyl (C=O) groups is 1. The molecule has 2 heterocycles. The van der Waals surface area contributed by atoms with Crippen LogP contribution in [-0.4, -0.2) is 42.6 Å². The lowest BCUT2D eigenvalue weighted by Gasteiger charge is -2.23. The van der Waals surface area contributed by atoms with Crippen LogP contribution in [-0.2, 0) is 11.3 Å². The summed E-state index contributed by atoms with van der Waals surface area (Å²) in [5, 5.41) is 0. The van der Waals surface area contributed by atoms with E-state index in [1.54, 1.807) is 12.1 Å². The molecule has 0 spiro atoms. The molecule has 3 rings (SSSR count). The Kier molecular flexibility index (Phi) is 8.74. The SMILES string of the molecule is COC(=O)c1nc(C#CCCN2CCCCCCC2)ccc1OCc1ccccc1. The van der Waals surface area contributed by atoms with Gasteiger partial charge in [-0.15, -0.1) is 0 Å². The summed E-state index contributed by atoms with van der Waals surface area (Å²) in [4.78, 5) is 19.1. The van der Waals surface area contributed by atoms with E-state index in [4.69, 9.17) is 9.47 Å². The monoisotopic (exact) mass is 406 g/mol. The number of pyridine rings is 1. The predicted molar refractivity (Wildman–Crippen MR) is 117 cm³/mol. The quantitative estimate of drug-likeness (QED) is 0.524. The number of hydrogen-bond acceptors (Lipinski definition) is 5. The van der Waals surface area contributed by atoms with Crippen LogP contribution in [0.5, 0.6) is 5.75 Å². The minimum atomic E-state index is -0.526. The molecule has 0 amide bonds. The van der Waals surface area contributed by atoms with E-state index in [1.165, 1.54) is 52.3 Å². The molecule has 5 nitrogen and oxygen atoms in total. The lowest BCUT2D eigenvalue weighted by molar-refractivity contribution is 0.0588. The summed E-state index contributed by atoms with van der Waals surface area (Å²) in [5.41, 5.74) is 1.72. The molecule has 30 heavy (non-hydrogen) atoms. The van der Waals surface area contributed by atoms with Crippen molar-refractivity contribution in [2.75, 3.05) is 26.7 Å². The molecule has 1 fully saturated rings. The Morgan fingerprint density at radius 2 is 1.77 bits per heavy atom. The van der Waals surface area contributed by atoms with Gasteiger partial charge < -0.3 is 14.4 Å². The van der Waals surface area contributed by atoms with Crippen molar-refractivity contribution >= 4 is 5.97 Å². The summed E-state index contributed by atoms with van der Waals surface area (Å²) < 4.78 is 10.7. The molecule has 158 valence electrons. The first-order chi connectivity index (χ1) is 14.8. The van der Waals surface area contributed by atoms with E-state index in [1.807, 2.05) is 30.3 Å². The third-order valence-electron chi connectivity index (χ3n) is 5.19. The number of esters is 1. The number of hydrogen-bond donors (Lipinski definition) is 0. The minimum absolute atomic E-state index is 0.156. The van der Waals surface area contributed by atoms with Crippen molar-refractivity contribution in [2.45, 2.75) is 45.1 Å². The zero-order valence-electron chi connectivity index (χ0n) is 17.7. The first-order valence-corrected chi connectivity index (χ1v) is 10.7. The molecule has 0 radical (unpaired) electrons. The van der Waals surface area contributed by atoms with Crippen molar-refractivity contribution in [2.24, 2.45) is 0 Å². The van der Waals surface area contributed by atoms with Crippen molar-refractivity contribution < 1.29 is 14.3 Å². The molecular weight excluding hydrogens is 376 g/mol. The van der Waals surface area contributed by atoms with Crippen molar-refractivity contribution in [3.05, 3.63) is 59.4 Å². The summed E-state index contributed by atoms with van der Waals surface area (Å²) in [7, 11) is 1.34. The van der Waals surface area contributed by atoms with Gasteiger partial charge in [0.1, 0.15) is 12.3 Å². The average Bonchev–Trinajstić information content (AvgIpc) is 2.77. The Balaban J connectivity index is 1.61. The summed E-state index contributed by atoms with van der Waals surface area (Å²) in [6.07, 6.45) is 7.39. The lowest BCUT2D eigenvalue weighted by Crippen LogP contribution is -2.28. The molecule has 0 bridgehead atoms. The van der Waals surface area contributed by atoms with Gasteiger partial charge in [-0.05, 0) is 49.5 Å². The zero-order chi connectivity index (χ0) is 21.0. The van der Waals surface area contributed by atoms with Crippen LogP contribution in [0, 0.1) is 11.8 Å². The molecule has 0 N–H and O–H groups in total. The normalized spacial score (nSPS) is 14.7. The maximum Gasteiger partial charge on any atom is 0.360 e. The molecule has 0 aliphatic carbocycles. The van der Waals surface area contributed by atoms with E-state index in [0.717, 1.165) is 18.5 Å². The number of likely N-dealkylation sites (tertiary alicyclic amines) is 1. The van der Waals surface area contributed by atoms with Gasteiger partial charge in [0.25, 0.3) is 0 Å². The topological polar surface area (TPSA) is 51.7 Å². The summed E-state index contributed by atoms with van der Waals surface area (Å²) in [6.45, 7) is 3.67. The van der Waals surface area contributed by atoms with Gasteiger partial charge >= 0.3 is 5.97 Å². The highest BCUT2D eigenvalue weighted by atomic mass is 16.5. The van der Waals surface area contributed by atoms with E-state index in [2.05, 4.69) is 21.7 Å². The van der Waals surface area contributed by atoms with Crippen LogP contribution < -0.4 is 4.74 Å². The van der Waals surface area contributed by atoms with Gasteiger partial charge in [-0.2, -0.15) is 0 Å². The first kappa shape index (κ1) is 21.9. The Hall–Kier alpha value is -2.84.